The lowest BCUT2D eigenvalue weighted by atomic mass is 10.2. The molecule has 4 rings (SSSR count). The number of aryl methyl sites for hydroxylation is 1. The number of para-hydroxylation sites is 1. The minimum absolute atomic E-state index is 0.00369. The van der Waals surface area contributed by atoms with Crippen molar-refractivity contribution in [3.8, 4) is 5.75 Å². The van der Waals surface area contributed by atoms with Gasteiger partial charge in [0.2, 0.25) is 5.71 Å². The number of anilines is 1. The molecular formula is C25H22FN3O6. The molecule has 0 aliphatic heterocycles. The monoisotopic (exact) mass is 479 g/mol. The fraction of sp³-hybridized carbons (Fsp3) is 0.200. The second-order valence-electron chi connectivity index (χ2n) is 7.45. The molecule has 9 nitrogen and oxygen atoms in total. The SMILES string of the molecule is CCOC(=O)c1c(C)oc2nc(COC(=O)c3ccccc3OCc3ccc(F)cc3)nc(N)c12. The Labute approximate surface area is 199 Å². The Hall–Kier alpha value is -4.47. The number of hydrogen-bond donors (Lipinski definition) is 1. The molecule has 180 valence electrons. The molecule has 0 bridgehead atoms. The summed E-state index contributed by atoms with van der Waals surface area (Å²) in [6.45, 7) is 3.32. The third kappa shape index (κ3) is 5.21. The Balaban J connectivity index is 1.48. The fourth-order valence-electron chi connectivity index (χ4n) is 3.41. The number of halogens is 1. The molecule has 0 spiro atoms. The van der Waals surface area contributed by atoms with Crippen LogP contribution in [0.4, 0.5) is 10.2 Å². The Kier molecular flexibility index (Phi) is 6.91. The predicted molar refractivity (Wildman–Crippen MR) is 123 cm³/mol. The summed E-state index contributed by atoms with van der Waals surface area (Å²) >= 11 is 0. The average molecular weight is 479 g/mol. The molecule has 2 aromatic heterocycles. The van der Waals surface area contributed by atoms with Crippen molar-refractivity contribution in [3.63, 3.8) is 0 Å². The maximum atomic E-state index is 13.1. The molecule has 35 heavy (non-hydrogen) atoms. The molecule has 0 saturated heterocycles. The number of rotatable bonds is 8. The van der Waals surface area contributed by atoms with Crippen molar-refractivity contribution in [2.45, 2.75) is 27.1 Å². The van der Waals surface area contributed by atoms with Crippen LogP contribution in [0.3, 0.4) is 0 Å². The van der Waals surface area contributed by atoms with E-state index >= 15 is 0 Å². The molecule has 0 aliphatic rings. The second kappa shape index (κ2) is 10.2. The summed E-state index contributed by atoms with van der Waals surface area (Å²) in [5, 5.41) is 0.246. The van der Waals surface area contributed by atoms with Gasteiger partial charge in [-0.1, -0.05) is 24.3 Å². The first-order chi connectivity index (χ1) is 16.9. The maximum Gasteiger partial charge on any atom is 0.342 e. The van der Waals surface area contributed by atoms with Gasteiger partial charge in [0.15, 0.2) is 12.4 Å². The first-order valence-corrected chi connectivity index (χ1v) is 10.7. The summed E-state index contributed by atoms with van der Waals surface area (Å²) in [7, 11) is 0. The van der Waals surface area contributed by atoms with Gasteiger partial charge < -0.3 is 24.4 Å². The summed E-state index contributed by atoms with van der Waals surface area (Å²) < 4.78 is 34.8. The van der Waals surface area contributed by atoms with Crippen LogP contribution in [0.25, 0.3) is 11.1 Å². The van der Waals surface area contributed by atoms with E-state index in [1.54, 1.807) is 50.2 Å². The molecule has 2 N–H and O–H groups in total. The minimum Gasteiger partial charge on any atom is -0.488 e. The molecule has 0 atom stereocenters. The van der Waals surface area contributed by atoms with Crippen molar-refractivity contribution in [2.75, 3.05) is 12.3 Å². The van der Waals surface area contributed by atoms with Crippen LogP contribution < -0.4 is 10.5 Å². The van der Waals surface area contributed by atoms with Gasteiger partial charge in [0, 0.05) is 0 Å². The summed E-state index contributed by atoms with van der Waals surface area (Å²) in [5.74, 6) is -0.902. The van der Waals surface area contributed by atoms with Gasteiger partial charge in [-0.25, -0.2) is 19.0 Å². The molecule has 0 amide bonds. The number of carbonyl (C=O) groups excluding carboxylic acids is 2. The number of nitrogen functional groups attached to an aromatic ring is 1. The van der Waals surface area contributed by atoms with E-state index in [0.717, 1.165) is 5.56 Å². The molecular weight excluding hydrogens is 457 g/mol. The number of nitrogens with zero attached hydrogens (tertiary/aromatic N) is 2. The quantitative estimate of drug-likeness (QED) is 0.367. The van der Waals surface area contributed by atoms with E-state index in [0.29, 0.717) is 11.5 Å². The first kappa shape index (κ1) is 23.7. The zero-order valence-electron chi connectivity index (χ0n) is 19.0. The molecule has 4 aromatic rings. The summed E-state index contributed by atoms with van der Waals surface area (Å²) in [5.41, 5.74) is 7.24. The van der Waals surface area contributed by atoms with Crippen LogP contribution in [0.5, 0.6) is 5.75 Å². The van der Waals surface area contributed by atoms with Crippen LogP contribution in [-0.4, -0.2) is 28.5 Å². The standard InChI is InChI=1S/C25H22FN3O6/c1-3-32-25(31)20-14(2)35-23-21(20)22(27)28-19(29-23)13-34-24(30)17-6-4-5-7-18(17)33-12-15-8-10-16(26)11-9-15/h4-11H,3,12-13H2,1-2H3,(H2,27,28,29). The minimum atomic E-state index is -0.662. The van der Waals surface area contributed by atoms with Gasteiger partial charge in [-0.15, -0.1) is 0 Å². The molecule has 0 aliphatic carbocycles. The van der Waals surface area contributed by atoms with E-state index in [-0.39, 0.29) is 59.5 Å². The smallest absolute Gasteiger partial charge is 0.342 e. The Morgan fingerprint density at radius 3 is 2.49 bits per heavy atom. The van der Waals surface area contributed by atoms with E-state index in [2.05, 4.69) is 9.97 Å². The van der Waals surface area contributed by atoms with Crippen LogP contribution in [0, 0.1) is 12.7 Å². The van der Waals surface area contributed by atoms with Gasteiger partial charge in [-0.05, 0) is 43.7 Å². The van der Waals surface area contributed by atoms with Crippen molar-refractivity contribution >= 4 is 28.9 Å². The normalized spacial score (nSPS) is 10.8. The van der Waals surface area contributed by atoms with E-state index in [1.165, 1.54) is 12.1 Å². The number of ether oxygens (including phenoxy) is 3. The zero-order valence-corrected chi connectivity index (χ0v) is 19.0. The topological polar surface area (TPSA) is 127 Å². The van der Waals surface area contributed by atoms with E-state index < -0.39 is 11.9 Å². The van der Waals surface area contributed by atoms with Crippen molar-refractivity contribution in [1.82, 2.24) is 9.97 Å². The fourth-order valence-corrected chi connectivity index (χ4v) is 3.41. The lowest BCUT2D eigenvalue weighted by molar-refractivity contribution is 0.0456. The summed E-state index contributed by atoms with van der Waals surface area (Å²) in [4.78, 5) is 33.4. The number of furan rings is 1. The van der Waals surface area contributed by atoms with Crippen LogP contribution in [0.15, 0.2) is 52.9 Å². The van der Waals surface area contributed by atoms with Gasteiger partial charge in [-0.3, -0.25) is 0 Å². The highest BCUT2D eigenvalue weighted by Gasteiger charge is 2.24. The molecule has 2 aromatic carbocycles. The second-order valence-corrected chi connectivity index (χ2v) is 7.45. The number of fused-ring (bicyclic) bond motifs is 1. The van der Waals surface area contributed by atoms with Crippen LogP contribution in [0.1, 0.15) is 44.8 Å². The van der Waals surface area contributed by atoms with E-state index in [9.17, 15) is 14.0 Å². The van der Waals surface area contributed by atoms with Gasteiger partial charge >= 0.3 is 11.9 Å². The van der Waals surface area contributed by atoms with Crippen molar-refractivity contribution < 1.29 is 32.6 Å². The van der Waals surface area contributed by atoms with Gasteiger partial charge in [0.05, 0.1) is 12.0 Å². The highest BCUT2D eigenvalue weighted by molar-refractivity contribution is 6.07. The van der Waals surface area contributed by atoms with E-state index in [4.69, 9.17) is 24.4 Å². The third-order valence-corrected chi connectivity index (χ3v) is 5.03. The Morgan fingerprint density at radius 2 is 1.74 bits per heavy atom. The third-order valence-electron chi connectivity index (χ3n) is 5.03. The Bertz CT molecular complexity index is 1380. The zero-order chi connectivity index (χ0) is 24.9. The van der Waals surface area contributed by atoms with E-state index in [1.807, 2.05) is 0 Å². The number of aromatic nitrogens is 2. The number of carbonyl (C=O) groups is 2. The summed E-state index contributed by atoms with van der Waals surface area (Å²) in [6, 6.07) is 12.4. The lowest BCUT2D eigenvalue weighted by Crippen LogP contribution is -2.11. The number of benzene rings is 2. The van der Waals surface area contributed by atoms with Gasteiger partial charge in [0.25, 0.3) is 0 Å². The first-order valence-electron chi connectivity index (χ1n) is 10.7. The van der Waals surface area contributed by atoms with Gasteiger partial charge in [-0.2, -0.15) is 4.98 Å². The predicted octanol–water partition coefficient (Wildman–Crippen LogP) is 4.37. The highest BCUT2D eigenvalue weighted by atomic mass is 19.1. The number of nitrogens with two attached hydrogens (primary N) is 1. The molecule has 0 unspecified atom stereocenters. The molecule has 10 heteroatoms. The average Bonchev–Trinajstić information content (AvgIpc) is 3.19. The molecule has 2 heterocycles. The van der Waals surface area contributed by atoms with Crippen molar-refractivity contribution in [3.05, 3.63) is 82.6 Å². The Morgan fingerprint density at radius 1 is 1.00 bits per heavy atom. The number of hydrogen-bond acceptors (Lipinski definition) is 9. The molecule has 0 radical (unpaired) electrons. The van der Waals surface area contributed by atoms with Crippen LogP contribution >= 0.6 is 0 Å². The maximum absolute atomic E-state index is 13.1. The molecule has 0 fully saturated rings. The summed E-state index contributed by atoms with van der Waals surface area (Å²) in [6.07, 6.45) is 0. The van der Waals surface area contributed by atoms with Crippen molar-refractivity contribution in [2.24, 2.45) is 0 Å². The highest BCUT2D eigenvalue weighted by Crippen LogP contribution is 2.29. The lowest BCUT2D eigenvalue weighted by Gasteiger charge is -2.11. The van der Waals surface area contributed by atoms with Crippen LogP contribution in [0.2, 0.25) is 0 Å². The van der Waals surface area contributed by atoms with Crippen molar-refractivity contribution in [1.29, 1.82) is 0 Å². The van der Waals surface area contributed by atoms with Gasteiger partial charge in [0.1, 0.15) is 40.9 Å². The molecule has 0 saturated carbocycles. The van der Waals surface area contributed by atoms with Crippen LogP contribution in [-0.2, 0) is 22.7 Å². The number of esters is 2. The largest absolute Gasteiger partial charge is 0.488 e.